The van der Waals surface area contributed by atoms with Crippen molar-refractivity contribution in [2.24, 2.45) is 5.73 Å². The summed E-state index contributed by atoms with van der Waals surface area (Å²) < 4.78 is 11.8. The number of pyridine rings is 1. The molecule has 0 aliphatic rings. The lowest BCUT2D eigenvalue weighted by molar-refractivity contribution is 0.397. The molecule has 5 heteroatoms. The van der Waals surface area contributed by atoms with Gasteiger partial charge in [-0.25, -0.2) is 0 Å². The van der Waals surface area contributed by atoms with Gasteiger partial charge in [-0.1, -0.05) is 0 Å². The van der Waals surface area contributed by atoms with Gasteiger partial charge in [0.05, 0.1) is 30.5 Å². The highest BCUT2D eigenvalue weighted by atomic mass is 32.1. The maximum absolute atomic E-state index is 6.41. The number of methoxy groups -OCH3 is 2. The third-order valence-electron chi connectivity index (χ3n) is 3.45. The predicted molar refractivity (Wildman–Crippen MR) is 85.2 cm³/mol. The van der Waals surface area contributed by atoms with E-state index in [-0.39, 0.29) is 6.04 Å². The SMILES string of the molecule is COc1ccc(OC)c(C(N)c2cnc3ccsc3c2)c1. The van der Waals surface area contributed by atoms with Crippen molar-refractivity contribution in [2.45, 2.75) is 6.04 Å². The molecular formula is C16H16N2O2S. The van der Waals surface area contributed by atoms with Crippen molar-refractivity contribution in [2.75, 3.05) is 14.2 Å². The highest BCUT2D eigenvalue weighted by Crippen LogP contribution is 2.32. The first-order valence-electron chi connectivity index (χ1n) is 6.53. The number of hydrogen-bond donors (Lipinski definition) is 1. The van der Waals surface area contributed by atoms with Crippen molar-refractivity contribution in [3.05, 3.63) is 53.0 Å². The molecule has 108 valence electrons. The minimum atomic E-state index is -0.311. The first kappa shape index (κ1) is 13.9. The summed E-state index contributed by atoms with van der Waals surface area (Å²) in [5, 5.41) is 2.03. The fraction of sp³-hybridized carbons (Fsp3) is 0.188. The summed E-state index contributed by atoms with van der Waals surface area (Å²) in [6.07, 6.45) is 1.82. The molecule has 0 bridgehead atoms. The molecule has 3 aromatic rings. The van der Waals surface area contributed by atoms with E-state index in [9.17, 15) is 0 Å². The Hall–Kier alpha value is -2.11. The first-order chi connectivity index (χ1) is 10.2. The Bertz CT molecular complexity index is 770. The van der Waals surface area contributed by atoms with Gasteiger partial charge < -0.3 is 15.2 Å². The van der Waals surface area contributed by atoms with Crippen molar-refractivity contribution in [1.82, 2.24) is 4.98 Å². The fourth-order valence-electron chi connectivity index (χ4n) is 2.29. The quantitative estimate of drug-likeness (QED) is 0.802. The van der Waals surface area contributed by atoms with Crippen LogP contribution in [0.2, 0.25) is 0 Å². The van der Waals surface area contributed by atoms with Crippen LogP contribution >= 0.6 is 11.3 Å². The maximum Gasteiger partial charge on any atom is 0.124 e. The first-order valence-corrected chi connectivity index (χ1v) is 7.41. The molecular weight excluding hydrogens is 284 g/mol. The van der Waals surface area contributed by atoms with Gasteiger partial charge in [-0.2, -0.15) is 0 Å². The van der Waals surface area contributed by atoms with Gasteiger partial charge >= 0.3 is 0 Å². The minimum absolute atomic E-state index is 0.311. The molecule has 0 aliphatic heterocycles. The summed E-state index contributed by atoms with van der Waals surface area (Å²) in [6.45, 7) is 0. The number of thiophene rings is 1. The molecule has 0 amide bonds. The third kappa shape index (κ3) is 2.57. The van der Waals surface area contributed by atoms with Crippen molar-refractivity contribution in [1.29, 1.82) is 0 Å². The van der Waals surface area contributed by atoms with Gasteiger partial charge in [-0.3, -0.25) is 4.98 Å². The fourth-order valence-corrected chi connectivity index (χ4v) is 3.08. The number of aromatic nitrogens is 1. The molecule has 0 aliphatic carbocycles. The number of fused-ring (bicyclic) bond motifs is 1. The number of nitrogens with zero attached hydrogens (tertiary/aromatic N) is 1. The lowest BCUT2D eigenvalue weighted by Gasteiger charge is -2.17. The van der Waals surface area contributed by atoms with Gasteiger partial charge in [-0.05, 0) is 41.3 Å². The number of rotatable bonds is 4. The Morgan fingerprint density at radius 2 is 2.00 bits per heavy atom. The van der Waals surface area contributed by atoms with Crippen LogP contribution in [0.3, 0.4) is 0 Å². The Labute approximate surface area is 127 Å². The van der Waals surface area contributed by atoms with Crippen LogP contribution < -0.4 is 15.2 Å². The zero-order valence-electron chi connectivity index (χ0n) is 11.9. The Morgan fingerprint density at radius 3 is 2.76 bits per heavy atom. The van der Waals surface area contributed by atoms with E-state index >= 15 is 0 Å². The Morgan fingerprint density at radius 1 is 1.14 bits per heavy atom. The van der Waals surface area contributed by atoms with E-state index in [0.717, 1.165) is 32.8 Å². The number of ether oxygens (including phenoxy) is 2. The zero-order chi connectivity index (χ0) is 14.8. The highest BCUT2D eigenvalue weighted by Gasteiger charge is 2.16. The van der Waals surface area contributed by atoms with Crippen molar-refractivity contribution < 1.29 is 9.47 Å². The predicted octanol–water partition coefficient (Wildman–Crippen LogP) is 3.36. The monoisotopic (exact) mass is 300 g/mol. The molecule has 0 saturated heterocycles. The average molecular weight is 300 g/mol. The van der Waals surface area contributed by atoms with E-state index in [1.807, 2.05) is 35.8 Å². The third-order valence-corrected chi connectivity index (χ3v) is 4.31. The number of hydrogen-bond acceptors (Lipinski definition) is 5. The van der Waals surface area contributed by atoms with Gasteiger partial charge in [0.25, 0.3) is 0 Å². The molecule has 3 rings (SSSR count). The second-order valence-electron chi connectivity index (χ2n) is 4.66. The summed E-state index contributed by atoms with van der Waals surface area (Å²) in [5.74, 6) is 1.50. The van der Waals surface area contributed by atoms with Crippen molar-refractivity contribution in [3.63, 3.8) is 0 Å². The Kier molecular flexibility index (Phi) is 3.77. The number of benzene rings is 1. The van der Waals surface area contributed by atoms with E-state index in [1.165, 1.54) is 0 Å². The molecule has 0 fully saturated rings. The lowest BCUT2D eigenvalue weighted by atomic mass is 9.99. The van der Waals surface area contributed by atoms with Crippen LogP contribution in [0.15, 0.2) is 41.9 Å². The highest BCUT2D eigenvalue weighted by molar-refractivity contribution is 7.17. The van der Waals surface area contributed by atoms with Crippen molar-refractivity contribution >= 4 is 21.6 Å². The molecule has 0 saturated carbocycles. The van der Waals surface area contributed by atoms with E-state index in [0.29, 0.717) is 0 Å². The summed E-state index contributed by atoms with van der Waals surface area (Å²) in [4.78, 5) is 4.44. The molecule has 1 atom stereocenters. The van der Waals surface area contributed by atoms with Crippen LogP contribution in [-0.4, -0.2) is 19.2 Å². The van der Waals surface area contributed by atoms with Crippen molar-refractivity contribution in [3.8, 4) is 11.5 Å². The molecule has 4 nitrogen and oxygen atoms in total. The van der Waals surface area contributed by atoms with Crippen LogP contribution in [-0.2, 0) is 0 Å². The molecule has 21 heavy (non-hydrogen) atoms. The second-order valence-corrected chi connectivity index (χ2v) is 5.61. The minimum Gasteiger partial charge on any atom is -0.497 e. The smallest absolute Gasteiger partial charge is 0.124 e. The van der Waals surface area contributed by atoms with Gasteiger partial charge in [0.1, 0.15) is 11.5 Å². The van der Waals surface area contributed by atoms with E-state index in [1.54, 1.807) is 25.6 Å². The summed E-state index contributed by atoms with van der Waals surface area (Å²) in [7, 11) is 3.27. The lowest BCUT2D eigenvalue weighted by Crippen LogP contribution is -2.13. The molecule has 1 unspecified atom stereocenters. The Balaban J connectivity index is 2.05. The molecule has 0 radical (unpaired) electrons. The van der Waals surface area contributed by atoms with E-state index in [4.69, 9.17) is 15.2 Å². The summed E-state index contributed by atoms with van der Waals surface area (Å²) >= 11 is 1.66. The van der Waals surface area contributed by atoms with Crippen LogP contribution in [0.5, 0.6) is 11.5 Å². The van der Waals surface area contributed by atoms with Crippen LogP contribution in [0.4, 0.5) is 0 Å². The second kappa shape index (κ2) is 5.71. The van der Waals surface area contributed by atoms with Gasteiger partial charge in [0, 0.05) is 11.8 Å². The molecule has 0 spiro atoms. The van der Waals surface area contributed by atoms with Gasteiger partial charge in [0.2, 0.25) is 0 Å². The normalized spacial score (nSPS) is 12.3. The zero-order valence-corrected chi connectivity index (χ0v) is 12.7. The average Bonchev–Trinajstić information content (AvgIpc) is 3.01. The van der Waals surface area contributed by atoms with E-state index < -0.39 is 0 Å². The van der Waals surface area contributed by atoms with E-state index in [2.05, 4.69) is 11.1 Å². The molecule has 2 heterocycles. The molecule has 2 N–H and O–H groups in total. The number of nitrogens with two attached hydrogens (primary N) is 1. The largest absolute Gasteiger partial charge is 0.497 e. The van der Waals surface area contributed by atoms with Crippen LogP contribution in [0, 0.1) is 0 Å². The van der Waals surface area contributed by atoms with Crippen LogP contribution in [0.1, 0.15) is 17.2 Å². The topological polar surface area (TPSA) is 57.4 Å². The summed E-state index contributed by atoms with van der Waals surface area (Å²) in [5.41, 5.74) is 9.24. The van der Waals surface area contributed by atoms with Gasteiger partial charge in [0.15, 0.2) is 0 Å². The van der Waals surface area contributed by atoms with Crippen LogP contribution in [0.25, 0.3) is 10.2 Å². The summed E-state index contributed by atoms with van der Waals surface area (Å²) in [6, 6.07) is 9.40. The molecule has 1 aromatic carbocycles. The maximum atomic E-state index is 6.41. The van der Waals surface area contributed by atoms with Gasteiger partial charge in [-0.15, -0.1) is 11.3 Å². The standard InChI is InChI=1S/C16H16N2O2S/c1-19-11-3-4-14(20-2)12(8-11)16(17)10-7-15-13(18-9-10)5-6-21-15/h3-9,16H,17H2,1-2H3. The molecule has 2 aromatic heterocycles.